The van der Waals surface area contributed by atoms with Gasteiger partial charge in [0.1, 0.15) is 0 Å². The van der Waals surface area contributed by atoms with Crippen LogP contribution in [-0.2, 0) is 21.5 Å². The Bertz CT molecular complexity index is 433. The van der Waals surface area contributed by atoms with E-state index < -0.39 is 8.32 Å². The van der Waals surface area contributed by atoms with Crippen molar-refractivity contribution in [3.8, 4) is 0 Å². The number of hydrogen-bond acceptors (Lipinski definition) is 2. The summed E-state index contributed by atoms with van der Waals surface area (Å²) in [6, 6.07) is 0.621. The van der Waals surface area contributed by atoms with Crippen molar-refractivity contribution in [3.63, 3.8) is 0 Å². The maximum Gasteiger partial charge on any atom is 2.00 e. The van der Waals surface area contributed by atoms with Crippen LogP contribution < -0.4 is 0 Å². The van der Waals surface area contributed by atoms with Gasteiger partial charge in [-0.3, -0.25) is 0 Å². The summed E-state index contributed by atoms with van der Waals surface area (Å²) in [5.41, 5.74) is 0. The molecule has 2 saturated carbocycles. The zero-order valence-corrected chi connectivity index (χ0v) is 21.6. The van der Waals surface area contributed by atoms with Crippen molar-refractivity contribution in [2.24, 2.45) is 0 Å². The van der Waals surface area contributed by atoms with Crippen LogP contribution in [0.5, 0.6) is 0 Å². The zero-order chi connectivity index (χ0) is 20.8. The van der Waals surface area contributed by atoms with Gasteiger partial charge in [0.15, 0.2) is 8.32 Å². The first-order valence-corrected chi connectivity index (χ1v) is 13.9. The van der Waals surface area contributed by atoms with Crippen molar-refractivity contribution in [2.75, 3.05) is 13.1 Å². The Morgan fingerprint density at radius 3 is 1.72 bits per heavy atom. The smallest absolute Gasteiger partial charge is 0.414 e. The van der Waals surface area contributed by atoms with E-state index in [0.717, 1.165) is 0 Å². The van der Waals surface area contributed by atoms with Crippen molar-refractivity contribution in [1.29, 1.82) is 0 Å². The molecule has 2 aliphatic carbocycles. The molecule has 10 radical (unpaired) electrons. The molecule has 2 nitrogen and oxygen atoms in total. The number of nitrogens with zero attached hydrogens (tertiary/aromatic N) is 1. The van der Waals surface area contributed by atoms with Gasteiger partial charge in [-0.2, -0.15) is 0 Å². The van der Waals surface area contributed by atoms with Gasteiger partial charge in [-0.15, -0.1) is 0 Å². The van der Waals surface area contributed by atoms with Gasteiger partial charge in [-0.1, -0.05) is 27.2 Å². The van der Waals surface area contributed by atoms with Crippen LogP contribution in [0.15, 0.2) is 0 Å². The van der Waals surface area contributed by atoms with Crippen LogP contribution in [0.2, 0.25) is 18.1 Å². The van der Waals surface area contributed by atoms with Gasteiger partial charge in [0, 0.05) is 24.0 Å². The van der Waals surface area contributed by atoms with E-state index in [9.17, 15) is 0 Å². The van der Waals surface area contributed by atoms with E-state index in [0.29, 0.717) is 6.04 Å². The van der Waals surface area contributed by atoms with E-state index in [1.165, 1.54) is 44.2 Å². The van der Waals surface area contributed by atoms with Gasteiger partial charge in [-0.05, 0) is 109 Å². The Balaban J connectivity index is 0.000000282. The Morgan fingerprint density at radius 1 is 0.828 bits per heavy atom. The molecule has 0 aromatic rings. The Morgan fingerprint density at radius 2 is 1.28 bits per heavy atom. The first kappa shape index (κ1) is 27.7. The molecule has 0 spiro atoms. The summed E-state index contributed by atoms with van der Waals surface area (Å²) in [6.07, 6.45) is 21.6. The first-order valence-electron chi connectivity index (χ1n) is 11.0. The zero-order valence-electron chi connectivity index (χ0n) is 19.5. The predicted molar refractivity (Wildman–Crippen MR) is 124 cm³/mol. The summed E-state index contributed by atoms with van der Waals surface area (Å²) in [7, 11) is -1.62. The molecule has 0 N–H and O–H groups in total. The van der Waals surface area contributed by atoms with Gasteiger partial charge >= 0.3 is 17.1 Å². The van der Waals surface area contributed by atoms with Crippen molar-refractivity contribution < 1.29 is 21.5 Å². The molecule has 1 aliphatic heterocycles. The van der Waals surface area contributed by atoms with Crippen LogP contribution in [-0.4, -0.2) is 38.5 Å². The molecule has 3 aliphatic rings. The Labute approximate surface area is 194 Å². The molecular formula is C25H41FeNOSi+2. The second-order valence-electron chi connectivity index (χ2n) is 9.73. The monoisotopic (exact) mass is 455 g/mol. The first-order chi connectivity index (χ1) is 13.1. The fourth-order valence-corrected chi connectivity index (χ4v) is 4.90. The SMILES string of the molecule is C[C@H](O[Si](C)(C)C(C)(C)C)[C]1[CH][CH][CH][CH]1.C[C@H]([C]1[CH][CH][CH][CH]1)N1CCCCC1.[Fe+2]. The Kier molecular flexibility index (Phi) is 12.1. The summed E-state index contributed by atoms with van der Waals surface area (Å²) in [5.74, 6) is 2.77. The average Bonchev–Trinajstić information content (AvgIpc) is 3.35. The van der Waals surface area contributed by atoms with Gasteiger partial charge in [-0.25, -0.2) is 0 Å². The number of hydrogen-bond donors (Lipinski definition) is 0. The Hall–Kier alpha value is 0.656. The van der Waals surface area contributed by atoms with E-state index >= 15 is 0 Å². The van der Waals surface area contributed by atoms with Crippen LogP contribution in [0.1, 0.15) is 53.9 Å². The minimum absolute atomic E-state index is 0. The van der Waals surface area contributed by atoms with Crippen molar-refractivity contribution in [1.82, 2.24) is 4.90 Å². The van der Waals surface area contributed by atoms with Crippen molar-refractivity contribution in [3.05, 3.63) is 63.2 Å². The molecule has 1 saturated heterocycles. The fourth-order valence-electron chi connectivity index (χ4n) is 3.53. The standard InChI is InChI=1S/C13H23OSi.C12H18N.Fe/c1-11(12-9-7-8-10-12)14-15(5,6)13(2,3)4;1-11(12-7-3-4-8-12)13-9-5-2-6-10-13;/h7-11H,1-6H3;3-4,7-8,11H,2,5-6,9-10H2,1H3;/q;;+2/t2*11-;/m01./s1. The molecule has 3 fully saturated rings. The van der Waals surface area contributed by atoms with Crippen LogP contribution in [0.25, 0.3) is 0 Å². The molecule has 2 atom stereocenters. The molecule has 0 aromatic heterocycles. The number of piperidine rings is 1. The molecule has 3 rings (SSSR count). The van der Waals surface area contributed by atoms with E-state index in [-0.39, 0.29) is 28.2 Å². The summed E-state index contributed by atoms with van der Waals surface area (Å²) in [5, 5.41) is 0.286. The number of rotatable bonds is 5. The van der Waals surface area contributed by atoms with Gasteiger partial charge in [0.25, 0.3) is 0 Å². The fraction of sp³-hybridized carbons (Fsp3) is 0.600. The van der Waals surface area contributed by atoms with E-state index in [1.807, 2.05) is 0 Å². The number of likely N-dealkylation sites (tertiary alicyclic amines) is 1. The van der Waals surface area contributed by atoms with Crippen LogP contribution in [0.3, 0.4) is 0 Å². The second-order valence-corrected chi connectivity index (χ2v) is 14.5. The molecule has 0 amide bonds. The third kappa shape index (κ3) is 8.60. The quantitative estimate of drug-likeness (QED) is 0.467. The van der Waals surface area contributed by atoms with Crippen LogP contribution >= 0.6 is 0 Å². The summed E-state index contributed by atoms with van der Waals surface area (Å²) in [6.45, 7) is 18.5. The van der Waals surface area contributed by atoms with E-state index in [4.69, 9.17) is 4.43 Å². The maximum absolute atomic E-state index is 6.29. The molecule has 0 aromatic carbocycles. The molecule has 162 valence electrons. The maximum atomic E-state index is 6.29. The second kappa shape index (κ2) is 12.6. The van der Waals surface area contributed by atoms with Crippen LogP contribution in [0, 0.1) is 63.2 Å². The largest absolute Gasteiger partial charge is 2.00 e. The van der Waals surface area contributed by atoms with Crippen molar-refractivity contribution >= 4 is 8.32 Å². The van der Waals surface area contributed by atoms with E-state index in [1.54, 1.807) is 0 Å². The van der Waals surface area contributed by atoms with Gasteiger partial charge < -0.3 is 9.33 Å². The summed E-state index contributed by atoms with van der Waals surface area (Å²) < 4.78 is 6.29. The van der Waals surface area contributed by atoms with Gasteiger partial charge in [0.2, 0.25) is 0 Å². The normalized spacial score (nSPS) is 24.5. The van der Waals surface area contributed by atoms with Crippen LogP contribution in [0.4, 0.5) is 0 Å². The predicted octanol–water partition coefficient (Wildman–Crippen LogP) is 6.07. The topological polar surface area (TPSA) is 12.5 Å². The molecule has 0 unspecified atom stereocenters. The molecule has 29 heavy (non-hydrogen) atoms. The molecular weight excluding hydrogens is 414 g/mol. The average molecular weight is 456 g/mol. The summed E-state index contributed by atoms with van der Waals surface area (Å²) in [4.78, 5) is 2.60. The summed E-state index contributed by atoms with van der Waals surface area (Å²) >= 11 is 0. The molecule has 1 heterocycles. The van der Waals surface area contributed by atoms with Crippen molar-refractivity contribution in [2.45, 2.75) is 84.2 Å². The third-order valence-corrected chi connectivity index (χ3v) is 11.1. The molecule has 4 heteroatoms. The third-order valence-electron chi connectivity index (χ3n) is 6.54. The molecule has 0 bridgehead atoms. The minimum Gasteiger partial charge on any atom is -0.414 e. The van der Waals surface area contributed by atoms with Gasteiger partial charge in [0.05, 0.1) is 0 Å². The van der Waals surface area contributed by atoms with E-state index in [2.05, 4.69) is 104 Å². The minimum atomic E-state index is -1.62.